The van der Waals surface area contributed by atoms with Gasteiger partial charge in [0.2, 0.25) is 5.88 Å². The quantitative estimate of drug-likeness (QED) is 0.644. The Labute approximate surface area is 124 Å². The highest BCUT2D eigenvalue weighted by Crippen LogP contribution is 2.24. The molecule has 2 rings (SSSR count). The van der Waals surface area contributed by atoms with Gasteiger partial charge in [-0.15, -0.1) is 0 Å². The number of aliphatic imine (C=N–C) groups is 1. The second-order valence-electron chi connectivity index (χ2n) is 4.64. The zero-order chi connectivity index (χ0) is 15.1. The van der Waals surface area contributed by atoms with Crippen molar-refractivity contribution < 1.29 is 4.74 Å². The van der Waals surface area contributed by atoms with Crippen LogP contribution in [-0.2, 0) is 6.61 Å². The molecular weight excluding hydrogens is 262 g/mol. The van der Waals surface area contributed by atoms with E-state index in [1.165, 1.54) is 5.56 Å². The van der Waals surface area contributed by atoms with Crippen molar-refractivity contribution in [3.05, 3.63) is 66.0 Å². The normalized spacial score (nSPS) is 11.3. The second-order valence-corrected chi connectivity index (χ2v) is 4.64. The Hall–Kier alpha value is -2.62. The molecule has 1 heterocycles. The highest BCUT2D eigenvalue weighted by molar-refractivity contribution is 5.74. The summed E-state index contributed by atoms with van der Waals surface area (Å²) in [6.45, 7) is 8.41. The summed E-state index contributed by atoms with van der Waals surface area (Å²) in [5.41, 5.74) is 3.98. The lowest BCUT2D eigenvalue weighted by molar-refractivity contribution is 0.292. The number of ether oxygens (including phenoxy) is 1. The molecule has 0 saturated carbocycles. The van der Waals surface area contributed by atoms with Gasteiger partial charge in [-0.05, 0) is 31.1 Å². The van der Waals surface area contributed by atoms with Gasteiger partial charge >= 0.3 is 0 Å². The zero-order valence-corrected chi connectivity index (χ0v) is 12.3. The predicted octanol–water partition coefficient (Wildman–Crippen LogP) is 3.91. The molecule has 21 heavy (non-hydrogen) atoms. The highest BCUT2D eigenvalue weighted by Gasteiger charge is 2.08. The first-order valence-corrected chi connectivity index (χ1v) is 6.76. The van der Waals surface area contributed by atoms with Crippen LogP contribution in [0.5, 0.6) is 5.88 Å². The van der Waals surface area contributed by atoms with Crippen LogP contribution in [0, 0.1) is 6.92 Å². The number of nitrogens with zero attached hydrogens (tertiary/aromatic N) is 2. The summed E-state index contributed by atoms with van der Waals surface area (Å²) < 4.78 is 5.78. The minimum absolute atomic E-state index is 0.486. The SMILES string of the molecule is C=C(/C=C\N=CC)c1cn[nH]c1OCc1ccc(C)cc1. The minimum Gasteiger partial charge on any atom is -0.473 e. The van der Waals surface area contributed by atoms with Gasteiger partial charge in [0.1, 0.15) is 6.61 Å². The standard InChI is InChI=1S/C17H19N3O/c1-4-18-10-9-14(3)16-11-19-20-17(16)21-12-15-7-5-13(2)6-8-15/h4-11H,3,12H2,1-2H3,(H,19,20)/b10-9-,18-4?. The first-order chi connectivity index (χ1) is 10.2. The molecule has 0 aliphatic heterocycles. The zero-order valence-electron chi connectivity index (χ0n) is 12.3. The Morgan fingerprint density at radius 3 is 2.86 bits per heavy atom. The molecule has 0 aliphatic rings. The monoisotopic (exact) mass is 281 g/mol. The summed E-state index contributed by atoms with van der Waals surface area (Å²) in [5, 5.41) is 6.87. The van der Waals surface area contributed by atoms with Crippen molar-refractivity contribution in [2.24, 2.45) is 4.99 Å². The molecule has 108 valence electrons. The Morgan fingerprint density at radius 2 is 2.14 bits per heavy atom. The van der Waals surface area contributed by atoms with Crippen LogP contribution in [0.1, 0.15) is 23.6 Å². The van der Waals surface area contributed by atoms with Crippen LogP contribution in [-0.4, -0.2) is 16.4 Å². The molecule has 1 aromatic heterocycles. The molecule has 4 heteroatoms. The molecule has 0 aliphatic carbocycles. The minimum atomic E-state index is 0.486. The topological polar surface area (TPSA) is 50.3 Å². The largest absolute Gasteiger partial charge is 0.473 e. The van der Waals surface area contributed by atoms with Crippen LogP contribution >= 0.6 is 0 Å². The van der Waals surface area contributed by atoms with Gasteiger partial charge in [0.05, 0.1) is 11.8 Å². The van der Waals surface area contributed by atoms with Crippen molar-refractivity contribution in [1.82, 2.24) is 10.2 Å². The van der Waals surface area contributed by atoms with E-state index in [9.17, 15) is 0 Å². The van der Waals surface area contributed by atoms with Crippen molar-refractivity contribution in [3.8, 4) is 5.88 Å². The lowest BCUT2D eigenvalue weighted by Gasteiger charge is -2.06. The Morgan fingerprint density at radius 1 is 1.38 bits per heavy atom. The number of benzene rings is 1. The Bertz CT molecular complexity index is 651. The van der Waals surface area contributed by atoms with E-state index in [2.05, 4.69) is 53.0 Å². The number of aromatic nitrogens is 2. The lowest BCUT2D eigenvalue weighted by atomic mass is 10.1. The molecule has 0 amide bonds. The third kappa shape index (κ3) is 4.18. The van der Waals surface area contributed by atoms with E-state index in [1.54, 1.807) is 18.6 Å². The first-order valence-electron chi connectivity index (χ1n) is 6.76. The van der Waals surface area contributed by atoms with Crippen LogP contribution in [0.3, 0.4) is 0 Å². The van der Waals surface area contributed by atoms with Gasteiger partial charge in [0.25, 0.3) is 0 Å². The summed E-state index contributed by atoms with van der Waals surface area (Å²) in [5.74, 6) is 0.616. The van der Waals surface area contributed by atoms with Crippen molar-refractivity contribution >= 4 is 11.8 Å². The molecule has 4 nitrogen and oxygen atoms in total. The molecule has 0 saturated heterocycles. The van der Waals surface area contributed by atoms with Gasteiger partial charge in [-0.3, -0.25) is 4.99 Å². The Kier molecular flexibility index (Phi) is 5.10. The van der Waals surface area contributed by atoms with Crippen molar-refractivity contribution in [2.75, 3.05) is 0 Å². The van der Waals surface area contributed by atoms with Crippen LogP contribution < -0.4 is 4.74 Å². The van der Waals surface area contributed by atoms with E-state index >= 15 is 0 Å². The predicted molar refractivity (Wildman–Crippen MR) is 86.4 cm³/mol. The van der Waals surface area contributed by atoms with E-state index in [1.807, 2.05) is 13.0 Å². The van der Waals surface area contributed by atoms with Gasteiger partial charge in [-0.1, -0.05) is 36.4 Å². The number of hydrogen-bond donors (Lipinski definition) is 1. The first kappa shape index (κ1) is 14.8. The molecular formula is C17H19N3O. The molecule has 0 unspecified atom stereocenters. The fraction of sp³-hybridized carbons (Fsp3) is 0.176. The average molecular weight is 281 g/mol. The maximum absolute atomic E-state index is 5.78. The number of aryl methyl sites for hydroxylation is 1. The smallest absolute Gasteiger partial charge is 0.217 e. The molecule has 0 fully saturated rings. The van der Waals surface area contributed by atoms with Crippen molar-refractivity contribution in [2.45, 2.75) is 20.5 Å². The van der Waals surface area contributed by atoms with E-state index in [0.29, 0.717) is 12.5 Å². The summed E-state index contributed by atoms with van der Waals surface area (Å²) >= 11 is 0. The van der Waals surface area contributed by atoms with Gasteiger partial charge in [-0.2, -0.15) is 5.10 Å². The molecule has 0 atom stereocenters. The highest BCUT2D eigenvalue weighted by atomic mass is 16.5. The summed E-state index contributed by atoms with van der Waals surface area (Å²) in [7, 11) is 0. The Balaban J connectivity index is 2.03. The number of rotatable bonds is 6. The maximum atomic E-state index is 5.78. The second kappa shape index (κ2) is 7.24. The van der Waals surface area contributed by atoms with Crippen molar-refractivity contribution in [1.29, 1.82) is 0 Å². The van der Waals surface area contributed by atoms with Crippen LogP contribution in [0.2, 0.25) is 0 Å². The van der Waals surface area contributed by atoms with E-state index in [-0.39, 0.29) is 0 Å². The summed E-state index contributed by atoms with van der Waals surface area (Å²) in [4.78, 5) is 4.02. The summed E-state index contributed by atoms with van der Waals surface area (Å²) in [6.07, 6.45) is 6.93. The lowest BCUT2D eigenvalue weighted by Crippen LogP contribution is -1.97. The number of hydrogen-bond acceptors (Lipinski definition) is 3. The van der Waals surface area contributed by atoms with Gasteiger partial charge in [-0.25, -0.2) is 5.10 Å². The fourth-order valence-electron chi connectivity index (χ4n) is 1.76. The molecule has 0 radical (unpaired) electrons. The third-order valence-corrected chi connectivity index (χ3v) is 2.96. The van der Waals surface area contributed by atoms with Gasteiger partial charge < -0.3 is 4.74 Å². The number of nitrogens with one attached hydrogen (secondary N) is 1. The van der Waals surface area contributed by atoms with Gasteiger partial charge in [0.15, 0.2) is 0 Å². The van der Waals surface area contributed by atoms with Crippen LogP contribution in [0.25, 0.3) is 5.57 Å². The molecule has 0 bridgehead atoms. The van der Waals surface area contributed by atoms with E-state index in [4.69, 9.17) is 4.74 Å². The van der Waals surface area contributed by atoms with Crippen LogP contribution in [0.15, 0.2) is 54.3 Å². The number of aromatic amines is 1. The number of allylic oxidation sites excluding steroid dienone is 2. The van der Waals surface area contributed by atoms with Crippen LogP contribution in [0.4, 0.5) is 0 Å². The summed E-state index contributed by atoms with van der Waals surface area (Å²) in [6, 6.07) is 8.24. The van der Waals surface area contributed by atoms with Crippen molar-refractivity contribution in [3.63, 3.8) is 0 Å². The fourth-order valence-corrected chi connectivity index (χ4v) is 1.76. The average Bonchev–Trinajstić information content (AvgIpc) is 2.95. The number of H-pyrrole nitrogens is 1. The maximum Gasteiger partial charge on any atom is 0.217 e. The molecule has 0 spiro atoms. The third-order valence-electron chi connectivity index (χ3n) is 2.96. The van der Waals surface area contributed by atoms with E-state index in [0.717, 1.165) is 16.7 Å². The molecule has 2 aromatic rings. The van der Waals surface area contributed by atoms with E-state index < -0.39 is 0 Å². The van der Waals surface area contributed by atoms with Gasteiger partial charge in [0, 0.05) is 12.4 Å². The molecule has 1 N–H and O–H groups in total. The molecule has 1 aromatic carbocycles.